The molecule has 0 bridgehead atoms. The van der Waals surface area contributed by atoms with E-state index in [9.17, 15) is 9.59 Å². The van der Waals surface area contributed by atoms with Gasteiger partial charge in [0.25, 0.3) is 0 Å². The van der Waals surface area contributed by atoms with Gasteiger partial charge in [-0.25, -0.2) is 0 Å². The number of carboxylic acid groups (broad SMARTS) is 1. The van der Waals surface area contributed by atoms with Crippen molar-refractivity contribution in [2.24, 2.45) is 11.8 Å². The summed E-state index contributed by atoms with van der Waals surface area (Å²) in [6, 6.07) is 0. The first-order chi connectivity index (χ1) is 6.49. The standard InChI is InChI=1S/C10H17NO3/c1-7(2)3-8-4-9(12)11(5-8)6-10(13)14/h7-8H,3-6H2,1-2H3,(H,13,14). The van der Waals surface area contributed by atoms with Crippen LogP contribution in [-0.4, -0.2) is 35.0 Å². The number of carboxylic acids is 1. The quantitative estimate of drug-likeness (QED) is 0.733. The van der Waals surface area contributed by atoms with Gasteiger partial charge in [0, 0.05) is 13.0 Å². The van der Waals surface area contributed by atoms with Crippen molar-refractivity contribution < 1.29 is 14.7 Å². The molecule has 0 aromatic rings. The average Bonchev–Trinajstić information content (AvgIpc) is 2.28. The van der Waals surface area contributed by atoms with E-state index in [2.05, 4.69) is 13.8 Å². The first kappa shape index (κ1) is 11.0. The number of hydrogen-bond acceptors (Lipinski definition) is 2. The molecule has 0 aromatic carbocycles. The van der Waals surface area contributed by atoms with Crippen LogP contribution in [0.3, 0.4) is 0 Å². The molecule has 0 aliphatic carbocycles. The Morgan fingerprint density at radius 1 is 1.64 bits per heavy atom. The number of rotatable bonds is 4. The highest BCUT2D eigenvalue weighted by Crippen LogP contribution is 2.23. The molecule has 1 saturated heterocycles. The van der Waals surface area contributed by atoms with Crippen LogP contribution in [0.15, 0.2) is 0 Å². The molecular weight excluding hydrogens is 182 g/mol. The van der Waals surface area contributed by atoms with Gasteiger partial charge in [-0.15, -0.1) is 0 Å². The van der Waals surface area contributed by atoms with Crippen molar-refractivity contribution in [1.29, 1.82) is 0 Å². The van der Waals surface area contributed by atoms with Gasteiger partial charge < -0.3 is 10.0 Å². The topological polar surface area (TPSA) is 57.6 Å². The van der Waals surface area contributed by atoms with Crippen molar-refractivity contribution in [1.82, 2.24) is 4.90 Å². The van der Waals surface area contributed by atoms with Crippen LogP contribution >= 0.6 is 0 Å². The molecule has 1 aliphatic rings. The summed E-state index contributed by atoms with van der Waals surface area (Å²) in [5.41, 5.74) is 0. The minimum absolute atomic E-state index is 0.0157. The van der Waals surface area contributed by atoms with Crippen LogP contribution in [0.25, 0.3) is 0 Å². The summed E-state index contributed by atoms with van der Waals surface area (Å²) in [6.07, 6.45) is 1.52. The fraction of sp³-hybridized carbons (Fsp3) is 0.800. The van der Waals surface area contributed by atoms with Gasteiger partial charge in [0.1, 0.15) is 6.54 Å². The Morgan fingerprint density at radius 2 is 2.29 bits per heavy atom. The highest BCUT2D eigenvalue weighted by molar-refractivity contribution is 5.83. The van der Waals surface area contributed by atoms with Gasteiger partial charge in [0.15, 0.2) is 0 Å². The third-order valence-electron chi connectivity index (χ3n) is 2.43. The summed E-state index contributed by atoms with van der Waals surface area (Å²) in [7, 11) is 0. The van der Waals surface area contributed by atoms with Gasteiger partial charge >= 0.3 is 5.97 Å². The minimum Gasteiger partial charge on any atom is -0.480 e. The molecule has 0 saturated carbocycles. The second-order valence-electron chi connectivity index (χ2n) is 4.37. The lowest BCUT2D eigenvalue weighted by Gasteiger charge is -2.14. The Balaban J connectivity index is 2.43. The van der Waals surface area contributed by atoms with E-state index in [0.717, 1.165) is 6.42 Å². The Bertz CT molecular complexity index is 238. The molecule has 1 heterocycles. The van der Waals surface area contributed by atoms with Crippen LogP contribution in [0.4, 0.5) is 0 Å². The molecular formula is C10H17NO3. The fourth-order valence-corrected chi connectivity index (χ4v) is 1.99. The first-order valence-electron chi connectivity index (χ1n) is 4.98. The van der Waals surface area contributed by atoms with E-state index in [1.165, 1.54) is 4.90 Å². The van der Waals surface area contributed by atoms with E-state index >= 15 is 0 Å². The largest absolute Gasteiger partial charge is 0.480 e. The lowest BCUT2D eigenvalue weighted by molar-refractivity contribution is -0.142. The van der Waals surface area contributed by atoms with Gasteiger partial charge in [0.05, 0.1) is 0 Å². The molecule has 1 aliphatic heterocycles. The molecule has 80 valence electrons. The summed E-state index contributed by atoms with van der Waals surface area (Å²) in [4.78, 5) is 23.2. The highest BCUT2D eigenvalue weighted by atomic mass is 16.4. The van der Waals surface area contributed by atoms with Crippen molar-refractivity contribution in [2.75, 3.05) is 13.1 Å². The third-order valence-corrected chi connectivity index (χ3v) is 2.43. The molecule has 1 amide bonds. The van der Waals surface area contributed by atoms with Crippen molar-refractivity contribution >= 4 is 11.9 Å². The smallest absolute Gasteiger partial charge is 0.323 e. The van der Waals surface area contributed by atoms with Crippen molar-refractivity contribution in [3.05, 3.63) is 0 Å². The summed E-state index contributed by atoms with van der Waals surface area (Å²) in [5, 5.41) is 8.57. The monoisotopic (exact) mass is 199 g/mol. The first-order valence-corrected chi connectivity index (χ1v) is 4.98. The second kappa shape index (κ2) is 4.44. The van der Waals surface area contributed by atoms with Gasteiger partial charge in [-0.1, -0.05) is 13.8 Å². The summed E-state index contributed by atoms with van der Waals surface area (Å²) >= 11 is 0. The van der Waals surface area contributed by atoms with Crippen LogP contribution in [0.1, 0.15) is 26.7 Å². The van der Waals surface area contributed by atoms with Gasteiger partial charge in [0.2, 0.25) is 5.91 Å². The molecule has 1 rings (SSSR count). The SMILES string of the molecule is CC(C)CC1CC(=O)N(CC(=O)O)C1. The molecule has 0 aromatic heterocycles. The van der Waals surface area contributed by atoms with E-state index in [4.69, 9.17) is 5.11 Å². The lowest BCUT2D eigenvalue weighted by Crippen LogP contribution is -2.31. The number of carbonyl (C=O) groups is 2. The molecule has 1 unspecified atom stereocenters. The number of carbonyl (C=O) groups excluding carboxylic acids is 1. The molecule has 4 heteroatoms. The minimum atomic E-state index is -0.927. The van der Waals surface area contributed by atoms with Crippen molar-refractivity contribution in [3.63, 3.8) is 0 Å². The lowest BCUT2D eigenvalue weighted by atomic mass is 9.96. The molecule has 1 fully saturated rings. The van der Waals surface area contributed by atoms with Crippen molar-refractivity contribution in [2.45, 2.75) is 26.7 Å². The summed E-state index contributed by atoms with van der Waals surface area (Å²) in [5.74, 6) is -0.0268. The maximum atomic E-state index is 11.4. The Hall–Kier alpha value is -1.06. The Labute approximate surface area is 83.9 Å². The molecule has 4 nitrogen and oxygen atoms in total. The molecule has 14 heavy (non-hydrogen) atoms. The zero-order chi connectivity index (χ0) is 10.7. The van der Waals surface area contributed by atoms with E-state index in [-0.39, 0.29) is 12.5 Å². The molecule has 0 spiro atoms. The second-order valence-corrected chi connectivity index (χ2v) is 4.37. The highest BCUT2D eigenvalue weighted by Gasteiger charge is 2.30. The van der Waals surface area contributed by atoms with E-state index in [1.807, 2.05) is 0 Å². The number of hydrogen-bond donors (Lipinski definition) is 1. The maximum absolute atomic E-state index is 11.4. The van der Waals surface area contributed by atoms with Crippen LogP contribution in [-0.2, 0) is 9.59 Å². The average molecular weight is 199 g/mol. The summed E-state index contributed by atoms with van der Waals surface area (Å²) in [6.45, 7) is 4.70. The Kier molecular flexibility index (Phi) is 3.49. The predicted molar refractivity (Wildman–Crippen MR) is 51.8 cm³/mol. The molecule has 0 radical (unpaired) electrons. The van der Waals surface area contributed by atoms with E-state index < -0.39 is 5.97 Å². The van der Waals surface area contributed by atoms with Gasteiger partial charge in [-0.3, -0.25) is 9.59 Å². The zero-order valence-corrected chi connectivity index (χ0v) is 8.69. The predicted octanol–water partition coefficient (Wildman–Crippen LogP) is 0.966. The van der Waals surface area contributed by atoms with Crippen molar-refractivity contribution in [3.8, 4) is 0 Å². The van der Waals surface area contributed by atoms with Gasteiger partial charge in [-0.05, 0) is 18.3 Å². The zero-order valence-electron chi connectivity index (χ0n) is 8.69. The van der Waals surface area contributed by atoms with E-state index in [1.54, 1.807) is 0 Å². The van der Waals surface area contributed by atoms with E-state index in [0.29, 0.717) is 24.8 Å². The number of likely N-dealkylation sites (tertiary alicyclic amines) is 1. The van der Waals surface area contributed by atoms with Crippen LogP contribution in [0.5, 0.6) is 0 Å². The summed E-state index contributed by atoms with van der Waals surface area (Å²) < 4.78 is 0. The van der Waals surface area contributed by atoms with Crippen LogP contribution in [0, 0.1) is 11.8 Å². The number of nitrogens with zero attached hydrogens (tertiary/aromatic N) is 1. The maximum Gasteiger partial charge on any atom is 0.323 e. The van der Waals surface area contributed by atoms with Crippen LogP contribution < -0.4 is 0 Å². The third kappa shape index (κ3) is 3.01. The molecule has 1 atom stereocenters. The van der Waals surface area contributed by atoms with Crippen LogP contribution in [0.2, 0.25) is 0 Å². The van der Waals surface area contributed by atoms with Gasteiger partial charge in [-0.2, -0.15) is 0 Å². The normalized spacial score (nSPS) is 22.1. The Morgan fingerprint density at radius 3 is 2.79 bits per heavy atom. The number of aliphatic carboxylic acids is 1. The molecule has 1 N–H and O–H groups in total. The number of amides is 1. The fourth-order valence-electron chi connectivity index (χ4n) is 1.99.